The number of pyridine rings is 2. The molecule has 3 N–H and O–H groups in total. The van der Waals surface area contributed by atoms with Gasteiger partial charge in [0.2, 0.25) is 5.88 Å². The Morgan fingerprint density at radius 2 is 2.03 bits per heavy atom. The smallest absolute Gasteiger partial charge is 0.213 e. The Morgan fingerprint density at radius 1 is 1.10 bits per heavy atom. The van der Waals surface area contributed by atoms with E-state index in [-0.39, 0.29) is 0 Å². The highest BCUT2D eigenvalue weighted by atomic mass is 16.5. The number of nitrogens with one attached hydrogen (secondary N) is 1. The molecule has 9 heteroatoms. The summed E-state index contributed by atoms with van der Waals surface area (Å²) in [6.07, 6.45) is 6.36. The minimum atomic E-state index is 0.437. The van der Waals surface area contributed by atoms with Crippen molar-refractivity contribution in [2.24, 2.45) is 0 Å². The number of anilines is 1. The third kappa shape index (κ3) is 3.33. The maximum Gasteiger partial charge on any atom is 0.213 e. The molecule has 0 aliphatic carbocycles. The molecule has 0 radical (unpaired) electrons. The Balaban J connectivity index is 1.37. The zero-order chi connectivity index (χ0) is 19.8. The van der Waals surface area contributed by atoms with Crippen LogP contribution in [-0.2, 0) is 13.0 Å². The first-order chi connectivity index (χ1) is 14.2. The molecule has 0 saturated heterocycles. The highest BCUT2D eigenvalue weighted by molar-refractivity contribution is 5.83. The first-order valence-corrected chi connectivity index (χ1v) is 9.08. The molecule has 0 aliphatic rings. The second-order valence-corrected chi connectivity index (χ2v) is 6.85. The maximum absolute atomic E-state index is 5.89. The Morgan fingerprint density at radius 3 is 2.93 bits per heavy atom. The summed E-state index contributed by atoms with van der Waals surface area (Å²) >= 11 is 0. The molecular formula is C20H18N8O. The molecule has 4 heterocycles. The second kappa shape index (κ2) is 6.86. The van der Waals surface area contributed by atoms with Gasteiger partial charge in [-0.3, -0.25) is 4.68 Å². The van der Waals surface area contributed by atoms with Gasteiger partial charge in [0, 0.05) is 30.3 Å². The predicted octanol–water partition coefficient (Wildman–Crippen LogP) is 2.33. The van der Waals surface area contributed by atoms with E-state index in [4.69, 9.17) is 10.5 Å². The van der Waals surface area contributed by atoms with E-state index >= 15 is 0 Å². The van der Waals surface area contributed by atoms with E-state index in [1.165, 1.54) is 0 Å². The number of nitrogens with zero attached hydrogens (tertiary/aromatic N) is 6. The van der Waals surface area contributed by atoms with Crippen LogP contribution in [0.25, 0.3) is 21.9 Å². The lowest BCUT2D eigenvalue weighted by atomic mass is 10.1. The number of benzene rings is 1. The third-order valence-electron chi connectivity index (χ3n) is 4.79. The molecule has 0 aliphatic heterocycles. The number of nitrogen functional groups attached to an aromatic ring is 1. The van der Waals surface area contributed by atoms with Crippen LogP contribution in [0.2, 0.25) is 0 Å². The highest BCUT2D eigenvalue weighted by Gasteiger charge is 2.10. The van der Waals surface area contributed by atoms with Crippen molar-refractivity contribution in [1.29, 1.82) is 0 Å². The molecule has 0 spiro atoms. The van der Waals surface area contributed by atoms with E-state index in [0.717, 1.165) is 33.0 Å². The third-order valence-corrected chi connectivity index (χ3v) is 4.79. The first kappa shape index (κ1) is 17.1. The van der Waals surface area contributed by atoms with Crippen LogP contribution in [0.15, 0.2) is 48.9 Å². The zero-order valence-corrected chi connectivity index (χ0v) is 15.7. The summed E-state index contributed by atoms with van der Waals surface area (Å²) in [4.78, 5) is 8.48. The number of hydrogen-bond acceptors (Lipinski definition) is 7. The summed E-state index contributed by atoms with van der Waals surface area (Å²) in [5, 5.41) is 17.3. The van der Waals surface area contributed by atoms with Gasteiger partial charge in [-0.2, -0.15) is 5.10 Å². The van der Waals surface area contributed by atoms with Crippen molar-refractivity contribution >= 4 is 27.8 Å². The number of aromatic nitrogens is 7. The fourth-order valence-corrected chi connectivity index (χ4v) is 3.43. The van der Waals surface area contributed by atoms with Gasteiger partial charge in [0.1, 0.15) is 11.3 Å². The molecule has 5 aromatic rings. The average molecular weight is 386 g/mol. The van der Waals surface area contributed by atoms with Crippen molar-refractivity contribution in [2.75, 3.05) is 12.8 Å². The van der Waals surface area contributed by atoms with Gasteiger partial charge in [-0.15, -0.1) is 5.10 Å². The van der Waals surface area contributed by atoms with Crippen LogP contribution >= 0.6 is 0 Å². The van der Waals surface area contributed by atoms with Crippen LogP contribution in [0.1, 0.15) is 16.7 Å². The number of ether oxygens (including phenoxy) is 1. The minimum Gasteiger partial charge on any atom is -0.481 e. The molecule has 0 atom stereocenters. The maximum atomic E-state index is 5.89. The summed E-state index contributed by atoms with van der Waals surface area (Å²) < 4.78 is 7.10. The fourth-order valence-electron chi connectivity index (χ4n) is 3.43. The summed E-state index contributed by atoms with van der Waals surface area (Å²) in [7, 11) is 1.62. The fraction of sp³-hybridized carbons (Fsp3) is 0.150. The van der Waals surface area contributed by atoms with Crippen molar-refractivity contribution in [3.8, 4) is 5.88 Å². The van der Waals surface area contributed by atoms with E-state index in [0.29, 0.717) is 30.3 Å². The lowest BCUT2D eigenvalue weighted by Crippen LogP contribution is -2.00. The van der Waals surface area contributed by atoms with Crippen LogP contribution in [-0.4, -0.2) is 42.3 Å². The summed E-state index contributed by atoms with van der Waals surface area (Å²) in [5.41, 5.74) is 10.4. The van der Waals surface area contributed by atoms with Crippen LogP contribution in [0.5, 0.6) is 5.88 Å². The molecule has 0 amide bonds. The SMILES string of the molecule is COc1cc2ccc(Cn3cc(Cc4cc(N)nc5[nH]nnc45)cn3)cc2cn1. The molecule has 9 nitrogen and oxygen atoms in total. The van der Waals surface area contributed by atoms with Gasteiger partial charge >= 0.3 is 0 Å². The van der Waals surface area contributed by atoms with Crippen molar-refractivity contribution in [3.05, 3.63) is 65.6 Å². The van der Waals surface area contributed by atoms with Gasteiger partial charge in [-0.25, -0.2) is 15.1 Å². The Labute approximate surface area is 165 Å². The average Bonchev–Trinajstić information content (AvgIpc) is 3.37. The number of H-pyrrole nitrogens is 1. The number of nitrogens with two attached hydrogens (primary N) is 1. The van der Waals surface area contributed by atoms with E-state index in [1.807, 2.05) is 35.4 Å². The number of aromatic amines is 1. The molecule has 0 unspecified atom stereocenters. The van der Waals surface area contributed by atoms with E-state index < -0.39 is 0 Å². The molecule has 4 aromatic heterocycles. The molecule has 29 heavy (non-hydrogen) atoms. The van der Waals surface area contributed by atoms with Crippen LogP contribution in [0.3, 0.4) is 0 Å². The van der Waals surface area contributed by atoms with E-state index in [9.17, 15) is 0 Å². The monoisotopic (exact) mass is 386 g/mol. The van der Waals surface area contributed by atoms with Crippen LogP contribution < -0.4 is 10.5 Å². The quantitative estimate of drug-likeness (QED) is 0.475. The normalized spacial score (nSPS) is 11.3. The summed E-state index contributed by atoms with van der Waals surface area (Å²) in [5.74, 6) is 1.05. The van der Waals surface area contributed by atoms with Crippen molar-refractivity contribution in [1.82, 2.24) is 35.2 Å². The second-order valence-electron chi connectivity index (χ2n) is 6.85. The van der Waals surface area contributed by atoms with E-state index in [1.54, 1.807) is 7.11 Å². The molecule has 1 aromatic carbocycles. The summed E-state index contributed by atoms with van der Waals surface area (Å²) in [6, 6.07) is 10.0. The van der Waals surface area contributed by atoms with Crippen LogP contribution in [0.4, 0.5) is 5.82 Å². The van der Waals surface area contributed by atoms with Crippen molar-refractivity contribution in [2.45, 2.75) is 13.0 Å². The zero-order valence-electron chi connectivity index (χ0n) is 15.7. The van der Waals surface area contributed by atoms with Gasteiger partial charge in [-0.1, -0.05) is 17.3 Å². The van der Waals surface area contributed by atoms with Crippen molar-refractivity contribution in [3.63, 3.8) is 0 Å². The number of hydrogen-bond donors (Lipinski definition) is 2. The Bertz CT molecular complexity index is 1320. The Kier molecular flexibility index (Phi) is 4.05. The molecule has 5 rings (SSSR count). The van der Waals surface area contributed by atoms with E-state index in [2.05, 4.69) is 48.7 Å². The number of methoxy groups -OCH3 is 1. The highest BCUT2D eigenvalue weighted by Crippen LogP contribution is 2.21. The standard InChI is InChI=1S/C20H18N8O/c1-29-18-7-14-3-2-12(4-16(14)9-22-18)10-28-11-13(8-23-28)5-15-6-17(21)24-20-19(15)25-27-26-20/h2-4,6-9,11H,5,10H2,1H3,(H3,21,24,25,26,27). The molecule has 0 bridgehead atoms. The van der Waals surface area contributed by atoms with Gasteiger partial charge in [0.15, 0.2) is 5.65 Å². The first-order valence-electron chi connectivity index (χ1n) is 9.08. The van der Waals surface area contributed by atoms with Gasteiger partial charge < -0.3 is 10.5 Å². The van der Waals surface area contributed by atoms with Crippen molar-refractivity contribution < 1.29 is 4.74 Å². The largest absolute Gasteiger partial charge is 0.481 e. The van der Waals surface area contributed by atoms with Gasteiger partial charge in [-0.05, 0) is 34.2 Å². The topological polar surface area (TPSA) is 120 Å². The number of fused-ring (bicyclic) bond motifs is 2. The lowest BCUT2D eigenvalue weighted by molar-refractivity contribution is 0.399. The molecular weight excluding hydrogens is 368 g/mol. The number of rotatable bonds is 5. The molecule has 0 saturated carbocycles. The minimum absolute atomic E-state index is 0.437. The predicted molar refractivity (Wildman–Crippen MR) is 109 cm³/mol. The van der Waals surface area contributed by atoms with Gasteiger partial charge in [0.05, 0.1) is 19.9 Å². The van der Waals surface area contributed by atoms with Gasteiger partial charge in [0.25, 0.3) is 0 Å². The molecule has 144 valence electrons. The summed E-state index contributed by atoms with van der Waals surface area (Å²) in [6.45, 7) is 0.666. The lowest BCUT2D eigenvalue weighted by Gasteiger charge is -2.05. The van der Waals surface area contributed by atoms with Crippen LogP contribution in [0, 0.1) is 0 Å². The molecule has 0 fully saturated rings. The Hall–Kier alpha value is -4.01.